The first-order chi connectivity index (χ1) is 7.50. The van der Waals surface area contributed by atoms with Crippen LogP contribution in [0.4, 0.5) is 0 Å². The number of rotatable bonds is 6. The molecular weight excluding hydrogens is 327 g/mol. The second-order valence-corrected chi connectivity index (χ2v) is 4.78. The van der Waals surface area contributed by atoms with Crippen LogP contribution in [0.25, 0.3) is 0 Å². The average Bonchev–Trinajstić information content (AvgIpc) is 3.05. The molecule has 0 amide bonds. The third-order valence-electron chi connectivity index (χ3n) is 2.92. The van der Waals surface area contributed by atoms with Crippen molar-refractivity contribution in [3.05, 3.63) is 12.2 Å². The smallest absolute Gasteiger partial charge is 0.188 e. The van der Waals surface area contributed by atoms with E-state index in [1.165, 1.54) is 12.8 Å². The zero-order valence-corrected chi connectivity index (χ0v) is 13.4. The van der Waals surface area contributed by atoms with E-state index in [-0.39, 0.29) is 24.0 Å². The van der Waals surface area contributed by atoms with Gasteiger partial charge in [0.05, 0.1) is 6.54 Å². The molecule has 0 aliphatic heterocycles. The average molecular weight is 352 g/mol. The zero-order valence-electron chi connectivity index (χ0n) is 11.1. The fourth-order valence-corrected chi connectivity index (χ4v) is 1.50. The molecule has 0 aromatic rings. The van der Waals surface area contributed by atoms with E-state index in [9.17, 15) is 0 Å². The number of halogens is 1. The summed E-state index contributed by atoms with van der Waals surface area (Å²) in [6, 6.07) is 1.23. The summed E-state index contributed by atoms with van der Waals surface area (Å²) in [7, 11) is 2.16. The Hall–Kier alpha value is -0.300. The topological polar surface area (TPSA) is 53.6 Å². The molecule has 1 unspecified atom stereocenters. The van der Waals surface area contributed by atoms with Gasteiger partial charge in [0.1, 0.15) is 0 Å². The van der Waals surface area contributed by atoms with E-state index >= 15 is 0 Å². The normalized spacial score (nSPS) is 17.5. The maximum Gasteiger partial charge on any atom is 0.188 e. The van der Waals surface area contributed by atoms with Gasteiger partial charge in [-0.2, -0.15) is 0 Å². The SMILES string of the molecule is C=C(C)CNC(N)=NCC(C)N(C)C1CC1.I. The van der Waals surface area contributed by atoms with E-state index in [1.54, 1.807) is 0 Å². The molecule has 0 saturated heterocycles. The Bertz CT molecular complexity index is 274. The Morgan fingerprint density at radius 3 is 2.65 bits per heavy atom. The lowest BCUT2D eigenvalue weighted by Gasteiger charge is -2.22. The fourth-order valence-electron chi connectivity index (χ4n) is 1.50. The van der Waals surface area contributed by atoms with Gasteiger partial charge in [-0.05, 0) is 33.7 Å². The van der Waals surface area contributed by atoms with Crippen molar-refractivity contribution in [1.82, 2.24) is 10.2 Å². The maximum absolute atomic E-state index is 5.74. The van der Waals surface area contributed by atoms with Crippen LogP contribution in [0.1, 0.15) is 26.7 Å². The lowest BCUT2D eigenvalue weighted by molar-refractivity contribution is 0.253. The highest BCUT2D eigenvalue weighted by atomic mass is 127. The molecule has 0 radical (unpaired) electrons. The van der Waals surface area contributed by atoms with Crippen molar-refractivity contribution in [2.75, 3.05) is 20.1 Å². The summed E-state index contributed by atoms with van der Waals surface area (Å²) in [6.45, 7) is 9.40. The van der Waals surface area contributed by atoms with Crippen LogP contribution in [0.15, 0.2) is 17.1 Å². The monoisotopic (exact) mass is 352 g/mol. The van der Waals surface area contributed by atoms with E-state index in [0.29, 0.717) is 18.5 Å². The molecule has 5 heteroatoms. The molecule has 100 valence electrons. The first-order valence-corrected chi connectivity index (χ1v) is 5.90. The van der Waals surface area contributed by atoms with Gasteiger partial charge in [0.15, 0.2) is 5.96 Å². The summed E-state index contributed by atoms with van der Waals surface area (Å²) < 4.78 is 0. The van der Waals surface area contributed by atoms with Gasteiger partial charge in [-0.1, -0.05) is 12.2 Å². The van der Waals surface area contributed by atoms with Gasteiger partial charge in [-0.3, -0.25) is 9.89 Å². The molecule has 1 atom stereocenters. The van der Waals surface area contributed by atoms with Crippen LogP contribution >= 0.6 is 24.0 Å². The molecule has 3 N–H and O–H groups in total. The number of nitrogens with two attached hydrogens (primary N) is 1. The van der Waals surface area contributed by atoms with Crippen LogP contribution < -0.4 is 11.1 Å². The molecule has 1 rings (SSSR count). The Morgan fingerprint density at radius 1 is 1.59 bits per heavy atom. The summed E-state index contributed by atoms with van der Waals surface area (Å²) >= 11 is 0. The lowest BCUT2D eigenvalue weighted by Crippen LogP contribution is -2.37. The van der Waals surface area contributed by atoms with E-state index in [4.69, 9.17) is 5.73 Å². The van der Waals surface area contributed by atoms with E-state index in [1.807, 2.05) is 6.92 Å². The molecule has 1 fully saturated rings. The number of likely N-dealkylation sites (N-methyl/N-ethyl adjacent to an activating group) is 1. The Labute approximate surface area is 122 Å². The van der Waals surface area contributed by atoms with Gasteiger partial charge in [0, 0.05) is 18.6 Å². The van der Waals surface area contributed by atoms with Crippen LogP contribution in [-0.4, -0.2) is 43.1 Å². The van der Waals surface area contributed by atoms with Crippen LogP contribution in [0.3, 0.4) is 0 Å². The molecule has 4 nitrogen and oxygen atoms in total. The highest BCUT2D eigenvalue weighted by molar-refractivity contribution is 14.0. The molecular formula is C12H25IN4. The number of hydrogen-bond donors (Lipinski definition) is 2. The quantitative estimate of drug-likeness (QED) is 0.330. The minimum atomic E-state index is 0. The summed E-state index contributed by atoms with van der Waals surface area (Å²) in [5.74, 6) is 0.513. The zero-order chi connectivity index (χ0) is 12.1. The predicted octanol–water partition coefficient (Wildman–Crippen LogP) is 1.57. The molecule has 0 spiro atoms. The maximum atomic E-state index is 5.74. The van der Waals surface area contributed by atoms with Crippen molar-refractivity contribution in [3.63, 3.8) is 0 Å². The van der Waals surface area contributed by atoms with Crippen LogP contribution in [0.5, 0.6) is 0 Å². The van der Waals surface area contributed by atoms with E-state index in [0.717, 1.165) is 18.2 Å². The number of nitrogens with zero attached hydrogens (tertiary/aromatic N) is 2. The number of hydrogen-bond acceptors (Lipinski definition) is 2. The Morgan fingerprint density at radius 2 is 2.18 bits per heavy atom. The summed E-state index contributed by atoms with van der Waals surface area (Å²) in [4.78, 5) is 6.71. The standard InChI is InChI=1S/C12H24N4.HI/c1-9(2)7-14-12(13)15-8-10(3)16(4)11-5-6-11;/h10-11H,1,5-8H2,2-4H3,(H3,13,14,15);1H. The number of nitrogens with one attached hydrogen (secondary N) is 1. The van der Waals surface area contributed by atoms with Crippen LogP contribution in [0.2, 0.25) is 0 Å². The van der Waals surface area contributed by atoms with Gasteiger partial charge in [-0.15, -0.1) is 24.0 Å². The highest BCUT2D eigenvalue weighted by Gasteiger charge is 2.28. The first kappa shape index (κ1) is 16.7. The minimum Gasteiger partial charge on any atom is -0.370 e. The summed E-state index contributed by atoms with van der Waals surface area (Å²) in [6.07, 6.45) is 2.65. The van der Waals surface area contributed by atoms with Crippen molar-refractivity contribution in [2.24, 2.45) is 10.7 Å². The van der Waals surface area contributed by atoms with Crippen molar-refractivity contribution >= 4 is 29.9 Å². The molecule has 0 aromatic heterocycles. The molecule has 0 bridgehead atoms. The lowest BCUT2D eigenvalue weighted by atomic mass is 10.3. The van der Waals surface area contributed by atoms with Gasteiger partial charge in [0.2, 0.25) is 0 Å². The third kappa shape index (κ3) is 6.88. The van der Waals surface area contributed by atoms with Crippen molar-refractivity contribution in [2.45, 2.75) is 38.8 Å². The Kier molecular flexibility index (Phi) is 7.78. The fraction of sp³-hybridized carbons (Fsp3) is 0.750. The highest BCUT2D eigenvalue weighted by Crippen LogP contribution is 2.26. The molecule has 1 aliphatic rings. The first-order valence-electron chi connectivity index (χ1n) is 5.90. The van der Waals surface area contributed by atoms with Crippen LogP contribution in [0, 0.1) is 0 Å². The van der Waals surface area contributed by atoms with Crippen molar-refractivity contribution < 1.29 is 0 Å². The molecule has 0 heterocycles. The third-order valence-corrected chi connectivity index (χ3v) is 2.92. The number of guanidine groups is 1. The predicted molar refractivity (Wildman–Crippen MR) is 85.0 cm³/mol. The summed E-state index contributed by atoms with van der Waals surface area (Å²) in [5.41, 5.74) is 6.80. The van der Waals surface area contributed by atoms with Gasteiger partial charge < -0.3 is 11.1 Å². The van der Waals surface area contributed by atoms with Gasteiger partial charge in [-0.25, -0.2) is 0 Å². The van der Waals surface area contributed by atoms with E-state index in [2.05, 4.69) is 35.8 Å². The van der Waals surface area contributed by atoms with Gasteiger partial charge in [0.25, 0.3) is 0 Å². The molecule has 1 aliphatic carbocycles. The summed E-state index contributed by atoms with van der Waals surface area (Å²) in [5, 5.41) is 3.03. The van der Waals surface area contributed by atoms with Gasteiger partial charge >= 0.3 is 0 Å². The Balaban J connectivity index is 0.00000256. The van der Waals surface area contributed by atoms with Crippen molar-refractivity contribution in [1.29, 1.82) is 0 Å². The molecule has 1 saturated carbocycles. The van der Waals surface area contributed by atoms with Crippen molar-refractivity contribution in [3.8, 4) is 0 Å². The van der Waals surface area contributed by atoms with Crippen LogP contribution in [-0.2, 0) is 0 Å². The number of aliphatic imine (C=N–C) groups is 1. The minimum absolute atomic E-state index is 0. The second-order valence-electron chi connectivity index (χ2n) is 4.78. The second kappa shape index (κ2) is 7.92. The molecule has 17 heavy (non-hydrogen) atoms. The van der Waals surface area contributed by atoms with E-state index < -0.39 is 0 Å². The largest absolute Gasteiger partial charge is 0.370 e. The molecule has 0 aromatic carbocycles.